The van der Waals surface area contributed by atoms with Gasteiger partial charge in [-0.3, -0.25) is 14.5 Å². The molecular weight excluding hydrogens is 334 g/mol. The van der Waals surface area contributed by atoms with Gasteiger partial charge in [0.25, 0.3) is 0 Å². The van der Waals surface area contributed by atoms with Crippen molar-refractivity contribution in [3.8, 4) is 0 Å². The summed E-state index contributed by atoms with van der Waals surface area (Å²) in [6.45, 7) is 0.397. The van der Waals surface area contributed by atoms with Crippen LogP contribution >= 0.6 is 11.8 Å². The molecule has 1 fully saturated rings. The number of amidine groups is 1. The molecular formula is C19H19N3O2S. The third kappa shape index (κ3) is 4.48. The first-order valence-electron chi connectivity index (χ1n) is 8.07. The van der Waals surface area contributed by atoms with Crippen LogP contribution in [0.25, 0.3) is 0 Å². The molecule has 0 bridgehead atoms. The molecule has 25 heavy (non-hydrogen) atoms. The van der Waals surface area contributed by atoms with Gasteiger partial charge in [-0.15, -0.1) is 0 Å². The fourth-order valence-corrected chi connectivity index (χ4v) is 3.57. The number of imide groups is 1. The Bertz CT molecular complexity index is 778. The zero-order valence-corrected chi connectivity index (χ0v) is 14.5. The topological polar surface area (TPSA) is 75.8 Å². The van der Waals surface area contributed by atoms with E-state index in [1.165, 1.54) is 4.90 Å². The van der Waals surface area contributed by atoms with Crippen molar-refractivity contribution in [2.24, 2.45) is 10.7 Å². The Balaban J connectivity index is 1.60. The first kappa shape index (κ1) is 17.2. The molecule has 1 aliphatic heterocycles. The number of hydrogen-bond acceptors (Lipinski definition) is 4. The van der Waals surface area contributed by atoms with Crippen molar-refractivity contribution < 1.29 is 9.59 Å². The quantitative estimate of drug-likeness (QED) is 0.509. The van der Waals surface area contributed by atoms with Crippen molar-refractivity contribution in [2.75, 3.05) is 6.54 Å². The lowest BCUT2D eigenvalue weighted by Gasteiger charge is -2.14. The van der Waals surface area contributed by atoms with Crippen LogP contribution in [0.3, 0.4) is 0 Å². The standard InChI is InChI=1S/C19H19N3O2S/c20-19(21-15-9-5-2-6-10-15)25-16-13-17(23)22(18(16)24)12-11-14-7-3-1-4-8-14/h1-10,16H,11-13H2,(H2,20,21). The Hall–Kier alpha value is -2.60. The van der Waals surface area contributed by atoms with Crippen molar-refractivity contribution in [3.63, 3.8) is 0 Å². The van der Waals surface area contributed by atoms with Crippen LogP contribution in [0.4, 0.5) is 5.69 Å². The van der Waals surface area contributed by atoms with Crippen LogP contribution < -0.4 is 5.73 Å². The summed E-state index contributed by atoms with van der Waals surface area (Å²) in [5, 5.41) is -0.196. The first-order valence-corrected chi connectivity index (χ1v) is 8.95. The maximum atomic E-state index is 12.5. The highest BCUT2D eigenvalue weighted by atomic mass is 32.2. The largest absolute Gasteiger partial charge is 0.378 e. The number of nitrogens with two attached hydrogens (primary N) is 1. The number of carbonyl (C=O) groups is 2. The molecule has 1 atom stereocenters. The highest BCUT2D eigenvalue weighted by Crippen LogP contribution is 2.26. The molecule has 0 saturated carbocycles. The van der Waals surface area contributed by atoms with Gasteiger partial charge >= 0.3 is 0 Å². The SMILES string of the molecule is NC(=Nc1ccccc1)SC1CC(=O)N(CCc2ccccc2)C1=O. The number of rotatable bonds is 5. The Morgan fingerprint density at radius 2 is 1.72 bits per heavy atom. The minimum absolute atomic E-state index is 0.147. The second-order valence-electron chi connectivity index (χ2n) is 5.72. The number of hydrogen-bond donors (Lipinski definition) is 1. The van der Waals surface area contributed by atoms with Crippen molar-refractivity contribution in [3.05, 3.63) is 66.2 Å². The van der Waals surface area contributed by atoms with E-state index in [0.29, 0.717) is 18.1 Å². The van der Waals surface area contributed by atoms with Crippen LogP contribution in [0.1, 0.15) is 12.0 Å². The molecule has 0 aliphatic carbocycles. The second kappa shape index (κ2) is 7.98. The minimum Gasteiger partial charge on any atom is -0.378 e. The third-order valence-electron chi connectivity index (χ3n) is 3.93. The van der Waals surface area contributed by atoms with Crippen molar-refractivity contribution in [1.29, 1.82) is 0 Å². The van der Waals surface area contributed by atoms with Crippen LogP contribution in [0, 0.1) is 0 Å². The van der Waals surface area contributed by atoms with Gasteiger partial charge in [-0.1, -0.05) is 60.3 Å². The smallest absolute Gasteiger partial charge is 0.243 e. The maximum Gasteiger partial charge on any atom is 0.243 e. The predicted molar refractivity (Wildman–Crippen MR) is 101 cm³/mol. The van der Waals surface area contributed by atoms with E-state index in [1.54, 1.807) is 0 Å². The molecule has 2 aromatic rings. The normalized spacial score (nSPS) is 18.0. The summed E-state index contributed by atoms with van der Waals surface area (Å²) in [5.74, 6) is -0.330. The summed E-state index contributed by atoms with van der Waals surface area (Å²) in [7, 11) is 0. The number of aliphatic imine (C=N–C) groups is 1. The highest BCUT2D eigenvalue weighted by molar-refractivity contribution is 8.14. The van der Waals surface area contributed by atoms with E-state index in [4.69, 9.17) is 5.73 Å². The molecule has 3 rings (SSSR count). The van der Waals surface area contributed by atoms with E-state index in [-0.39, 0.29) is 18.2 Å². The average molecular weight is 353 g/mol. The molecule has 0 radical (unpaired) electrons. The number of nitrogens with zero attached hydrogens (tertiary/aromatic N) is 2. The van der Waals surface area contributed by atoms with Crippen molar-refractivity contribution in [2.45, 2.75) is 18.1 Å². The number of para-hydroxylation sites is 1. The molecule has 2 amide bonds. The van der Waals surface area contributed by atoms with E-state index in [2.05, 4.69) is 4.99 Å². The molecule has 2 N–H and O–H groups in total. The molecule has 2 aromatic carbocycles. The lowest BCUT2D eigenvalue weighted by atomic mass is 10.1. The molecule has 1 saturated heterocycles. The van der Waals surface area contributed by atoms with Crippen LogP contribution in [-0.4, -0.2) is 33.7 Å². The van der Waals surface area contributed by atoms with Gasteiger partial charge in [0.15, 0.2) is 5.17 Å². The Morgan fingerprint density at radius 3 is 2.40 bits per heavy atom. The average Bonchev–Trinajstić information content (AvgIpc) is 2.88. The lowest BCUT2D eigenvalue weighted by molar-refractivity contribution is -0.138. The molecule has 0 spiro atoms. The van der Waals surface area contributed by atoms with Crippen LogP contribution in [0.15, 0.2) is 65.7 Å². The monoisotopic (exact) mass is 353 g/mol. The number of benzene rings is 2. The van der Waals surface area contributed by atoms with Gasteiger partial charge in [0.05, 0.1) is 5.69 Å². The molecule has 0 aromatic heterocycles. The predicted octanol–water partition coefficient (Wildman–Crippen LogP) is 2.74. The second-order valence-corrected chi connectivity index (χ2v) is 6.94. The van der Waals surface area contributed by atoms with Gasteiger partial charge in [0, 0.05) is 13.0 Å². The molecule has 5 nitrogen and oxygen atoms in total. The summed E-state index contributed by atoms with van der Waals surface area (Å²) in [6.07, 6.45) is 0.826. The van der Waals surface area contributed by atoms with Gasteiger partial charge in [-0.25, -0.2) is 4.99 Å². The van der Waals surface area contributed by atoms with Crippen LogP contribution in [0.5, 0.6) is 0 Å². The number of amides is 2. The van der Waals surface area contributed by atoms with E-state index >= 15 is 0 Å². The van der Waals surface area contributed by atoms with Gasteiger partial charge in [-0.05, 0) is 24.1 Å². The fraction of sp³-hybridized carbons (Fsp3) is 0.211. The summed E-state index contributed by atoms with van der Waals surface area (Å²) >= 11 is 1.16. The number of carbonyl (C=O) groups excluding carboxylic acids is 2. The highest BCUT2D eigenvalue weighted by Gasteiger charge is 2.39. The van der Waals surface area contributed by atoms with Crippen molar-refractivity contribution >= 4 is 34.4 Å². The van der Waals surface area contributed by atoms with E-state index < -0.39 is 5.25 Å². The van der Waals surface area contributed by atoms with E-state index in [1.807, 2.05) is 60.7 Å². The Labute approximate surface area is 150 Å². The van der Waals surface area contributed by atoms with E-state index in [0.717, 1.165) is 23.0 Å². The van der Waals surface area contributed by atoms with Gasteiger partial charge in [-0.2, -0.15) is 0 Å². The fourth-order valence-electron chi connectivity index (χ4n) is 2.67. The molecule has 128 valence electrons. The summed E-state index contributed by atoms with van der Waals surface area (Å²) in [4.78, 5) is 30.3. The number of likely N-dealkylation sites (tertiary alicyclic amines) is 1. The van der Waals surface area contributed by atoms with Crippen LogP contribution in [0.2, 0.25) is 0 Å². The lowest BCUT2D eigenvalue weighted by Crippen LogP contribution is -2.33. The summed E-state index contributed by atoms with van der Waals surface area (Å²) in [6, 6.07) is 19.1. The zero-order valence-electron chi connectivity index (χ0n) is 13.7. The summed E-state index contributed by atoms with van der Waals surface area (Å²) < 4.78 is 0. The van der Waals surface area contributed by atoms with Gasteiger partial charge in [0.1, 0.15) is 5.25 Å². The summed E-state index contributed by atoms with van der Waals surface area (Å²) in [5.41, 5.74) is 7.76. The third-order valence-corrected chi connectivity index (χ3v) is 4.91. The van der Waals surface area contributed by atoms with E-state index in [9.17, 15) is 9.59 Å². The Kier molecular flexibility index (Phi) is 5.50. The molecule has 1 unspecified atom stereocenters. The van der Waals surface area contributed by atoms with Crippen LogP contribution in [-0.2, 0) is 16.0 Å². The van der Waals surface area contributed by atoms with Gasteiger partial charge < -0.3 is 5.73 Å². The first-order chi connectivity index (χ1) is 12.1. The van der Waals surface area contributed by atoms with Gasteiger partial charge in [0.2, 0.25) is 11.8 Å². The number of thioether (sulfide) groups is 1. The molecule has 1 aliphatic rings. The Morgan fingerprint density at radius 1 is 1.08 bits per heavy atom. The maximum absolute atomic E-state index is 12.5. The molecule has 6 heteroatoms. The van der Waals surface area contributed by atoms with Crippen molar-refractivity contribution in [1.82, 2.24) is 4.90 Å². The molecule has 1 heterocycles. The zero-order chi connectivity index (χ0) is 17.6. The minimum atomic E-state index is -0.490.